The molecule has 0 amide bonds. The molecule has 0 unspecified atom stereocenters. The van der Waals surface area contributed by atoms with Gasteiger partial charge in [-0.3, -0.25) is 4.90 Å². The van der Waals surface area contributed by atoms with Crippen LogP contribution in [0.1, 0.15) is 11.4 Å². The van der Waals surface area contributed by atoms with E-state index in [1.54, 1.807) is 0 Å². The lowest BCUT2D eigenvalue weighted by molar-refractivity contribution is 0.0449. The summed E-state index contributed by atoms with van der Waals surface area (Å²) in [5, 5.41) is 20.9. The smallest absolute Gasteiger partial charge is 0.165 e. The van der Waals surface area contributed by atoms with E-state index in [-0.39, 0.29) is 6.61 Å². The quantitative estimate of drug-likeness (QED) is 0.827. The highest BCUT2D eigenvalue weighted by Gasteiger charge is 2.27. The lowest BCUT2D eigenvalue weighted by Crippen LogP contribution is -2.47. The number of likely N-dealkylation sites (tertiary alicyclic amines) is 1. The van der Waals surface area contributed by atoms with Crippen LogP contribution in [0.5, 0.6) is 0 Å². The van der Waals surface area contributed by atoms with Crippen molar-refractivity contribution in [2.75, 3.05) is 19.7 Å². The average Bonchev–Trinajstić information content (AvgIpc) is 2.82. The molecule has 2 aromatic rings. The van der Waals surface area contributed by atoms with Gasteiger partial charge in [-0.25, -0.2) is 4.68 Å². The Balaban J connectivity index is 1.63. The lowest BCUT2D eigenvalue weighted by Gasteiger charge is -2.37. The van der Waals surface area contributed by atoms with Gasteiger partial charge < -0.3 is 5.11 Å². The van der Waals surface area contributed by atoms with Crippen LogP contribution in [0.3, 0.4) is 0 Å². The molecule has 0 spiro atoms. The Morgan fingerprint density at radius 1 is 1.16 bits per heavy atom. The molecule has 19 heavy (non-hydrogen) atoms. The minimum Gasteiger partial charge on any atom is -0.396 e. The van der Waals surface area contributed by atoms with Crippen LogP contribution >= 0.6 is 0 Å². The van der Waals surface area contributed by atoms with E-state index in [0.29, 0.717) is 12.5 Å². The molecule has 0 radical (unpaired) electrons. The Bertz CT molecular complexity index is 521. The van der Waals surface area contributed by atoms with Crippen molar-refractivity contribution in [3.05, 3.63) is 41.7 Å². The van der Waals surface area contributed by atoms with Gasteiger partial charge in [-0.1, -0.05) is 30.3 Å². The highest BCUT2D eigenvalue weighted by atomic mass is 16.3. The van der Waals surface area contributed by atoms with E-state index >= 15 is 0 Å². The second-order valence-corrected chi connectivity index (χ2v) is 4.98. The van der Waals surface area contributed by atoms with E-state index in [2.05, 4.69) is 32.6 Å². The Morgan fingerprint density at radius 2 is 1.95 bits per heavy atom. The molecule has 6 heteroatoms. The second kappa shape index (κ2) is 5.46. The number of hydrogen-bond donors (Lipinski definition) is 1. The maximum Gasteiger partial charge on any atom is 0.165 e. The number of hydrogen-bond acceptors (Lipinski definition) is 5. The molecule has 2 heterocycles. The highest BCUT2D eigenvalue weighted by Crippen LogP contribution is 2.17. The van der Waals surface area contributed by atoms with Gasteiger partial charge in [0.15, 0.2) is 5.82 Å². The molecule has 0 bridgehead atoms. The van der Waals surface area contributed by atoms with Gasteiger partial charge in [-0.2, -0.15) is 0 Å². The number of aliphatic hydroxyl groups is 1. The van der Waals surface area contributed by atoms with Crippen molar-refractivity contribution in [2.45, 2.75) is 13.1 Å². The van der Waals surface area contributed by atoms with E-state index in [1.807, 2.05) is 22.9 Å². The van der Waals surface area contributed by atoms with Gasteiger partial charge in [0.2, 0.25) is 0 Å². The van der Waals surface area contributed by atoms with Crippen molar-refractivity contribution in [1.82, 2.24) is 25.1 Å². The number of rotatable bonds is 5. The molecule has 1 aliphatic heterocycles. The molecular formula is C13H17N5O. The topological polar surface area (TPSA) is 67.1 Å². The predicted molar refractivity (Wildman–Crippen MR) is 69.2 cm³/mol. The third kappa shape index (κ3) is 2.80. The van der Waals surface area contributed by atoms with Crippen LogP contribution in [0, 0.1) is 5.92 Å². The molecule has 0 aliphatic carbocycles. The van der Waals surface area contributed by atoms with Crippen LogP contribution in [0.15, 0.2) is 30.3 Å². The lowest BCUT2D eigenvalue weighted by atomic mass is 10.0. The molecule has 3 rings (SSSR count). The zero-order valence-electron chi connectivity index (χ0n) is 10.7. The monoisotopic (exact) mass is 259 g/mol. The molecule has 0 saturated carbocycles. The minimum atomic E-state index is 0.269. The average molecular weight is 259 g/mol. The zero-order chi connectivity index (χ0) is 13.1. The van der Waals surface area contributed by atoms with Gasteiger partial charge in [0.1, 0.15) is 0 Å². The Labute approximate surface area is 111 Å². The Kier molecular flexibility index (Phi) is 3.52. The molecule has 1 fully saturated rings. The summed E-state index contributed by atoms with van der Waals surface area (Å²) in [5.74, 6) is 1.29. The van der Waals surface area contributed by atoms with Crippen molar-refractivity contribution in [1.29, 1.82) is 0 Å². The van der Waals surface area contributed by atoms with Crippen LogP contribution in [0.2, 0.25) is 0 Å². The van der Waals surface area contributed by atoms with Gasteiger partial charge in [0.05, 0.1) is 13.1 Å². The first-order valence-corrected chi connectivity index (χ1v) is 6.47. The van der Waals surface area contributed by atoms with Gasteiger partial charge in [0, 0.05) is 25.6 Å². The largest absolute Gasteiger partial charge is 0.396 e. The van der Waals surface area contributed by atoms with Crippen molar-refractivity contribution in [2.24, 2.45) is 5.92 Å². The van der Waals surface area contributed by atoms with E-state index < -0.39 is 0 Å². The fourth-order valence-electron chi connectivity index (χ4n) is 2.34. The Morgan fingerprint density at radius 3 is 2.68 bits per heavy atom. The summed E-state index contributed by atoms with van der Waals surface area (Å²) in [6, 6.07) is 10.2. The summed E-state index contributed by atoms with van der Waals surface area (Å²) < 4.78 is 1.83. The summed E-state index contributed by atoms with van der Waals surface area (Å²) in [6.45, 7) is 3.56. The summed E-state index contributed by atoms with van der Waals surface area (Å²) in [6.07, 6.45) is 0. The maximum atomic E-state index is 9.01. The Hall–Kier alpha value is -1.79. The summed E-state index contributed by atoms with van der Waals surface area (Å²) >= 11 is 0. The molecule has 6 nitrogen and oxygen atoms in total. The van der Waals surface area contributed by atoms with Crippen LogP contribution in [0.25, 0.3) is 0 Å². The predicted octanol–water partition coefficient (Wildman–Crippen LogP) is 0.145. The van der Waals surface area contributed by atoms with E-state index in [4.69, 9.17) is 5.11 Å². The number of benzene rings is 1. The van der Waals surface area contributed by atoms with Crippen LogP contribution in [-0.2, 0) is 13.1 Å². The first-order chi connectivity index (χ1) is 9.35. The fraction of sp³-hybridized carbons (Fsp3) is 0.462. The fourth-order valence-corrected chi connectivity index (χ4v) is 2.34. The summed E-state index contributed by atoms with van der Waals surface area (Å²) in [5.41, 5.74) is 1.19. The summed E-state index contributed by atoms with van der Waals surface area (Å²) in [4.78, 5) is 2.24. The molecule has 1 aromatic heterocycles. The molecule has 1 saturated heterocycles. The maximum absolute atomic E-state index is 9.01. The van der Waals surface area contributed by atoms with Crippen LogP contribution in [0.4, 0.5) is 0 Å². The molecule has 100 valence electrons. The third-order valence-electron chi connectivity index (χ3n) is 3.44. The van der Waals surface area contributed by atoms with Crippen molar-refractivity contribution < 1.29 is 5.11 Å². The van der Waals surface area contributed by atoms with Crippen molar-refractivity contribution in [3.8, 4) is 0 Å². The second-order valence-electron chi connectivity index (χ2n) is 4.98. The van der Waals surface area contributed by atoms with Crippen LogP contribution in [-0.4, -0.2) is 49.9 Å². The van der Waals surface area contributed by atoms with Crippen molar-refractivity contribution >= 4 is 0 Å². The third-order valence-corrected chi connectivity index (χ3v) is 3.44. The number of nitrogens with zero attached hydrogens (tertiary/aromatic N) is 5. The molecule has 1 aromatic carbocycles. The van der Waals surface area contributed by atoms with Crippen LogP contribution < -0.4 is 0 Å². The van der Waals surface area contributed by atoms with Gasteiger partial charge in [0.25, 0.3) is 0 Å². The SMILES string of the molecule is OCC1CN(Cc2nnnn2Cc2ccccc2)C1. The van der Waals surface area contributed by atoms with Gasteiger partial charge in [-0.05, 0) is 16.0 Å². The molecular weight excluding hydrogens is 242 g/mol. The summed E-state index contributed by atoms with van der Waals surface area (Å²) in [7, 11) is 0. The number of tetrazole rings is 1. The van der Waals surface area contributed by atoms with Gasteiger partial charge >= 0.3 is 0 Å². The van der Waals surface area contributed by atoms with E-state index in [1.165, 1.54) is 5.56 Å². The number of aliphatic hydroxyl groups excluding tert-OH is 1. The van der Waals surface area contributed by atoms with Crippen molar-refractivity contribution in [3.63, 3.8) is 0 Å². The molecule has 0 atom stereocenters. The molecule has 1 aliphatic rings. The number of aromatic nitrogens is 4. The standard InChI is InChI=1S/C13H17N5O/c19-10-12-6-17(7-12)9-13-14-15-16-18(13)8-11-4-2-1-3-5-11/h1-5,12,19H,6-10H2. The molecule has 1 N–H and O–H groups in total. The minimum absolute atomic E-state index is 0.269. The highest BCUT2D eigenvalue weighted by molar-refractivity contribution is 5.14. The first-order valence-electron chi connectivity index (χ1n) is 6.47. The van der Waals surface area contributed by atoms with Gasteiger partial charge in [-0.15, -0.1) is 5.10 Å². The van der Waals surface area contributed by atoms with E-state index in [0.717, 1.165) is 25.5 Å². The normalized spacial score (nSPS) is 16.5. The van der Waals surface area contributed by atoms with E-state index in [9.17, 15) is 0 Å². The first kappa shape index (κ1) is 12.3. The zero-order valence-corrected chi connectivity index (χ0v) is 10.7.